The predicted octanol–water partition coefficient (Wildman–Crippen LogP) is 5.63. The van der Waals surface area contributed by atoms with E-state index in [0.29, 0.717) is 0 Å². The SMILES string of the molecule is CCCCCCCCCCCC[si]1ccccc1. The van der Waals surface area contributed by atoms with Crippen LogP contribution in [-0.4, -0.2) is 8.40 Å². The molecule has 0 saturated heterocycles. The topological polar surface area (TPSA) is 0 Å². The summed E-state index contributed by atoms with van der Waals surface area (Å²) >= 11 is 0. The van der Waals surface area contributed by atoms with E-state index in [9.17, 15) is 0 Å². The Bertz CT molecular complexity index is 268. The highest BCUT2D eigenvalue weighted by atomic mass is 28.2. The molecule has 0 saturated carbocycles. The van der Waals surface area contributed by atoms with Crippen molar-refractivity contribution in [2.75, 3.05) is 0 Å². The lowest BCUT2D eigenvalue weighted by molar-refractivity contribution is 0.560. The van der Waals surface area contributed by atoms with Gasteiger partial charge < -0.3 is 0 Å². The van der Waals surface area contributed by atoms with Gasteiger partial charge in [-0.1, -0.05) is 101 Å². The maximum atomic E-state index is 2.43. The van der Waals surface area contributed by atoms with Gasteiger partial charge in [0.1, 0.15) is 0 Å². The van der Waals surface area contributed by atoms with Crippen LogP contribution < -0.4 is 0 Å². The third kappa shape index (κ3) is 8.63. The van der Waals surface area contributed by atoms with E-state index < -0.39 is 0 Å². The lowest BCUT2D eigenvalue weighted by Crippen LogP contribution is -1.98. The molecule has 0 unspecified atom stereocenters. The first-order valence-electron chi connectivity index (χ1n) is 7.97. The Labute approximate surface area is 115 Å². The molecule has 1 aromatic rings. The van der Waals surface area contributed by atoms with Crippen LogP contribution in [0.3, 0.4) is 0 Å². The summed E-state index contributed by atoms with van der Waals surface area (Å²) in [6, 6.07) is 8.05. The van der Waals surface area contributed by atoms with Gasteiger partial charge in [-0.3, -0.25) is 0 Å². The second-order valence-corrected chi connectivity index (χ2v) is 7.73. The van der Waals surface area contributed by atoms with E-state index in [0.717, 1.165) is 0 Å². The molecule has 0 radical (unpaired) electrons. The normalized spacial score (nSPS) is 10.7. The summed E-state index contributed by atoms with van der Waals surface area (Å²) in [5, 5.41) is 0. The molecule has 0 spiro atoms. The number of rotatable bonds is 11. The van der Waals surface area contributed by atoms with Crippen molar-refractivity contribution < 1.29 is 0 Å². The molecule has 18 heavy (non-hydrogen) atoms. The molecule has 0 bridgehead atoms. The smallest absolute Gasteiger partial charge is 0.0369 e. The fourth-order valence-corrected chi connectivity index (χ4v) is 4.28. The van der Waals surface area contributed by atoms with E-state index in [-0.39, 0.29) is 8.40 Å². The molecule has 102 valence electrons. The van der Waals surface area contributed by atoms with Gasteiger partial charge in [-0.05, 0) is 6.04 Å². The molecule has 0 nitrogen and oxygen atoms in total. The molecule has 0 N–H and O–H groups in total. The maximum absolute atomic E-state index is 2.43. The Kier molecular flexibility index (Phi) is 10.1. The molecular weight excluding hydrogens is 232 g/mol. The van der Waals surface area contributed by atoms with Crippen LogP contribution in [0.1, 0.15) is 71.1 Å². The Morgan fingerprint density at radius 3 is 1.67 bits per heavy atom. The summed E-state index contributed by atoms with van der Waals surface area (Å²) < 4.78 is 0. The first kappa shape index (κ1) is 15.6. The summed E-state index contributed by atoms with van der Waals surface area (Å²) in [7, 11) is -0.248. The van der Waals surface area contributed by atoms with Crippen molar-refractivity contribution in [1.82, 2.24) is 0 Å². The first-order chi connectivity index (χ1) is 8.93. The lowest BCUT2D eigenvalue weighted by Gasteiger charge is -2.02. The van der Waals surface area contributed by atoms with Gasteiger partial charge in [-0.2, -0.15) is 0 Å². The van der Waals surface area contributed by atoms with Crippen molar-refractivity contribution in [3.8, 4) is 0 Å². The van der Waals surface area contributed by atoms with E-state index in [1.165, 1.54) is 70.3 Å². The average molecular weight is 263 g/mol. The van der Waals surface area contributed by atoms with Crippen molar-refractivity contribution in [2.45, 2.75) is 77.2 Å². The quantitative estimate of drug-likeness (QED) is 0.358. The van der Waals surface area contributed by atoms with Gasteiger partial charge in [-0.15, -0.1) is 0 Å². The largest absolute Gasteiger partial charge is 0.0778 e. The molecule has 1 heterocycles. The molecule has 1 rings (SSSR count). The Balaban J connectivity index is 1.82. The van der Waals surface area contributed by atoms with Crippen molar-refractivity contribution >= 4 is 8.40 Å². The fraction of sp³-hybridized carbons (Fsp3) is 0.706. The van der Waals surface area contributed by atoms with E-state index in [1.54, 1.807) is 0 Å². The average Bonchev–Trinajstić information content (AvgIpc) is 2.42. The Morgan fingerprint density at radius 2 is 1.11 bits per heavy atom. The molecule has 0 aliphatic carbocycles. The predicted molar refractivity (Wildman–Crippen MR) is 84.2 cm³/mol. The van der Waals surface area contributed by atoms with Gasteiger partial charge in [0.25, 0.3) is 0 Å². The van der Waals surface area contributed by atoms with Crippen molar-refractivity contribution in [1.29, 1.82) is 0 Å². The minimum atomic E-state index is -0.248. The van der Waals surface area contributed by atoms with Crippen LogP contribution in [0, 0.1) is 0 Å². The third-order valence-electron chi connectivity index (χ3n) is 3.66. The van der Waals surface area contributed by atoms with E-state index in [4.69, 9.17) is 0 Å². The highest BCUT2D eigenvalue weighted by molar-refractivity contribution is 6.49. The molecule has 0 aliphatic heterocycles. The van der Waals surface area contributed by atoms with Crippen molar-refractivity contribution in [3.63, 3.8) is 0 Å². The molecular formula is C17H30Si. The molecule has 1 aromatic heterocycles. The number of aryl methyl sites for hydroxylation is 1. The zero-order chi connectivity index (χ0) is 12.9. The Hall–Kier alpha value is -0.433. The third-order valence-corrected chi connectivity index (χ3v) is 5.83. The summed E-state index contributed by atoms with van der Waals surface area (Å²) in [6.45, 7) is 2.29. The van der Waals surface area contributed by atoms with Crippen LogP contribution in [0.4, 0.5) is 0 Å². The zero-order valence-corrected chi connectivity index (χ0v) is 13.2. The first-order valence-corrected chi connectivity index (χ1v) is 9.83. The number of hydrogen-bond donors (Lipinski definition) is 0. The molecule has 0 atom stereocenters. The molecule has 0 amide bonds. The van der Waals surface area contributed by atoms with Gasteiger partial charge in [0, 0.05) is 8.40 Å². The van der Waals surface area contributed by atoms with Crippen LogP contribution in [0.5, 0.6) is 0 Å². The van der Waals surface area contributed by atoms with Crippen molar-refractivity contribution in [2.24, 2.45) is 0 Å². The van der Waals surface area contributed by atoms with E-state index >= 15 is 0 Å². The molecule has 0 aliphatic rings. The molecule has 0 fully saturated rings. The van der Waals surface area contributed by atoms with Crippen LogP contribution in [-0.2, 0) is 6.04 Å². The van der Waals surface area contributed by atoms with Gasteiger partial charge in [0.2, 0.25) is 0 Å². The molecule has 0 aromatic carbocycles. The minimum absolute atomic E-state index is 0.248. The Morgan fingerprint density at radius 1 is 0.611 bits per heavy atom. The minimum Gasteiger partial charge on any atom is -0.0778 e. The molecule has 1 heteroatoms. The van der Waals surface area contributed by atoms with Gasteiger partial charge in [0.05, 0.1) is 0 Å². The number of unbranched alkanes of at least 4 members (excludes halogenated alkanes) is 9. The summed E-state index contributed by atoms with van der Waals surface area (Å²) in [5.74, 6) is 0. The van der Waals surface area contributed by atoms with Gasteiger partial charge >= 0.3 is 0 Å². The standard InChI is InChI=1S/C17H30Si/c1-2-3-4-5-6-7-8-9-10-12-15-18-16-13-11-14-17-18/h11,13-14,16-17H,2-10,12,15H2,1H3. The summed E-state index contributed by atoms with van der Waals surface area (Å²) in [6.07, 6.45) is 14.5. The second kappa shape index (κ2) is 11.6. The van der Waals surface area contributed by atoms with Crippen LogP contribution >= 0.6 is 0 Å². The maximum Gasteiger partial charge on any atom is 0.0369 e. The van der Waals surface area contributed by atoms with Gasteiger partial charge in [0.15, 0.2) is 0 Å². The fourth-order valence-electron chi connectivity index (χ4n) is 2.46. The van der Waals surface area contributed by atoms with Crippen LogP contribution in [0.15, 0.2) is 29.6 Å². The van der Waals surface area contributed by atoms with E-state index in [2.05, 4.69) is 36.5 Å². The van der Waals surface area contributed by atoms with Crippen LogP contribution in [0.2, 0.25) is 0 Å². The lowest BCUT2D eigenvalue weighted by atomic mass is 10.1. The second-order valence-electron chi connectivity index (χ2n) is 5.42. The van der Waals surface area contributed by atoms with Crippen LogP contribution in [0.25, 0.3) is 0 Å². The summed E-state index contributed by atoms with van der Waals surface area (Å²) in [4.78, 5) is 0. The zero-order valence-electron chi connectivity index (χ0n) is 12.2. The highest BCUT2D eigenvalue weighted by Crippen LogP contribution is 2.10. The highest BCUT2D eigenvalue weighted by Gasteiger charge is 1.94. The summed E-state index contributed by atoms with van der Waals surface area (Å²) in [5.41, 5.74) is 4.86. The van der Waals surface area contributed by atoms with Gasteiger partial charge in [-0.25, -0.2) is 0 Å². The van der Waals surface area contributed by atoms with E-state index in [1.807, 2.05) is 0 Å². The number of hydrogen-bond acceptors (Lipinski definition) is 0. The van der Waals surface area contributed by atoms with Crippen molar-refractivity contribution in [3.05, 3.63) is 29.6 Å². The monoisotopic (exact) mass is 262 g/mol.